The van der Waals surface area contributed by atoms with Gasteiger partial charge in [-0.05, 0) is 23.8 Å². The predicted octanol–water partition coefficient (Wildman–Crippen LogP) is 0.811. The van der Waals surface area contributed by atoms with Crippen LogP contribution >= 0.6 is 0 Å². The van der Waals surface area contributed by atoms with Gasteiger partial charge in [0.05, 0.1) is 19.0 Å². The van der Waals surface area contributed by atoms with E-state index in [9.17, 15) is 4.79 Å². The number of carbonyl (C=O) groups is 1. The Bertz CT molecular complexity index is 638. The summed E-state index contributed by atoms with van der Waals surface area (Å²) in [6, 6.07) is 5.75. The predicted molar refractivity (Wildman–Crippen MR) is 66.4 cm³/mol. The lowest BCUT2D eigenvalue weighted by Crippen LogP contribution is -2.27. The minimum Gasteiger partial charge on any atom is -0.496 e. The van der Waals surface area contributed by atoms with Gasteiger partial charge in [-0.25, -0.2) is 4.79 Å². The number of carboxylic acids is 1. The third-order valence-electron chi connectivity index (χ3n) is 3.13. The fourth-order valence-corrected chi connectivity index (χ4v) is 2.26. The highest BCUT2D eigenvalue weighted by Crippen LogP contribution is 2.34. The second kappa shape index (κ2) is 4.27. The summed E-state index contributed by atoms with van der Waals surface area (Å²) in [5, 5.41) is 18.2. The van der Waals surface area contributed by atoms with Crippen LogP contribution in [0.25, 0.3) is 0 Å². The van der Waals surface area contributed by atoms with Crippen molar-refractivity contribution < 1.29 is 14.6 Å². The third kappa shape index (κ3) is 1.79. The maximum Gasteiger partial charge on any atom is 0.358 e. The zero-order valence-corrected chi connectivity index (χ0v) is 10.3. The van der Waals surface area contributed by atoms with Gasteiger partial charge in [-0.3, -0.25) is 5.01 Å². The van der Waals surface area contributed by atoms with Gasteiger partial charge in [0.1, 0.15) is 5.75 Å². The smallest absolute Gasteiger partial charge is 0.358 e. The molecule has 7 heteroatoms. The van der Waals surface area contributed by atoms with E-state index in [2.05, 4.69) is 10.3 Å². The van der Waals surface area contributed by atoms with Gasteiger partial charge in [-0.1, -0.05) is 6.07 Å². The van der Waals surface area contributed by atoms with Gasteiger partial charge < -0.3 is 9.84 Å². The number of aromatic carboxylic acids is 1. The van der Waals surface area contributed by atoms with Crippen LogP contribution in [0.1, 0.15) is 16.1 Å². The fraction of sp³-hybridized carbons (Fsp3) is 0.250. The number of ether oxygens (including phenoxy) is 1. The molecule has 0 saturated heterocycles. The minimum absolute atomic E-state index is 0.0728. The first-order valence-corrected chi connectivity index (χ1v) is 5.80. The van der Waals surface area contributed by atoms with Gasteiger partial charge >= 0.3 is 5.97 Å². The molecule has 0 spiro atoms. The summed E-state index contributed by atoms with van der Waals surface area (Å²) in [5.74, 6) is -0.255. The van der Waals surface area contributed by atoms with E-state index in [-0.39, 0.29) is 5.69 Å². The van der Waals surface area contributed by atoms with Crippen LogP contribution in [0.15, 0.2) is 24.4 Å². The molecular weight excluding hydrogens is 248 g/mol. The Morgan fingerprint density at radius 2 is 2.32 bits per heavy atom. The number of nitrogens with zero attached hydrogens (tertiary/aromatic N) is 4. The highest BCUT2D eigenvalue weighted by atomic mass is 16.5. The highest BCUT2D eigenvalue weighted by molar-refractivity contribution is 5.84. The zero-order valence-electron chi connectivity index (χ0n) is 10.3. The first kappa shape index (κ1) is 11.5. The van der Waals surface area contributed by atoms with Crippen LogP contribution < -0.4 is 9.75 Å². The lowest BCUT2D eigenvalue weighted by molar-refractivity contribution is 0.0690. The molecule has 7 nitrogen and oxygen atoms in total. The van der Waals surface area contributed by atoms with Gasteiger partial charge in [-0.15, -0.1) is 5.10 Å². The van der Waals surface area contributed by atoms with Gasteiger partial charge in [-0.2, -0.15) is 4.79 Å². The Labute approximate surface area is 109 Å². The fourth-order valence-electron chi connectivity index (χ4n) is 2.26. The summed E-state index contributed by atoms with van der Waals surface area (Å²) in [5.41, 5.74) is 1.98. The van der Waals surface area contributed by atoms with Crippen molar-refractivity contribution in [3.05, 3.63) is 35.7 Å². The lowest BCUT2D eigenvalue weighted by Gasteiger charge is -2.18. The first-order valence-electron chi connectivity index (χ1n) is 5.80. The van der Waals surface area contributed by atoms with Crippen LogP contribution in [0, 0.1) is 0 Å². The number of anilines is 1. The molecule has 1 N–H and O–H groups in total. The molecule has 0 fully saturated rings. The zero-order chi connectivity index (χ0) is 13.4. The summed E-state index contributed by atoms with van der Waals surface area (Å²) in [4.78, 5) is 12.3. The van der Waals surface area contributed by atoms with Gasteiger partial charge in [0, 0.05) is 12.1 Å². The molecule has 2 aromatic rings. The molecule has 1 aromatic carbocycles. The topological polar surface area (TPSA) is 80.5 Å². The van der Waals surface area contributed by atoms with E-state index in [1.54, 1.807) is 7.11 Å². The molecule has 0 amide bonds. The van der Waals surface area contributed by atoms with Crippen LogP contribution in [0.3, 0.4) is 0 Å². The van der Waals surface area contributed by atoms with Crippen molar-refractivity contribution >= 4 is 11.7 Å². The Morgan fingerprint density at radius 3 is 3.00 bits per heavy atom. The molecule has 0 atom stereocenters. The Morgan fingerprint density at radius 1 is 1.47 bits per heavy atom. The van der Waals surface area contributed by atoms with E-state index in [1.807, 2.05) is 23.2 Å². The van der Waals surface area contributed by atoms with E-state index in [4.69, 9.17) is 9.84 Å². The Kier molecular flexibility index (Phi) is 2.59. The highest BCUT2D eigenvalue weighted by Gasteiger charge is 2.25. The molecule has 19 heavy (non-hydrogen) atoms. The third-order valence-corrected chi connectivity index (χ3v) is 3.13. The van der Waals surface area contributed by atoms with E-state index >= 15 is 0 Å². The van der Waals surface area contributed by atoms with Gasteiger partial charge in [0.2, 0.25) is 0 Å². The number of fused-ring (bicyclic) bond motifs is 1. The van der Waals surface area contributed by atoms with Crippen molar-refractivity contribution in [2.45, 2.75) is 6.42 Å². The van der Waals surface area contributed by atoms with E-state index < -0.39 is 5.97 Å². The van der Waals surface area contributed by atoms with Crippen molar-refractivity contribution in [1.29, 1.82) is 0 Å². The summed E-state index contributed by atoms with van der Waals surface area (Å²) < 4.78 is 5.32. The van der Waals surface area contributed by atoms with E-state index in [0.717, 1.165) is 23.4 Å². The molecule has 2 heterocycles. The van der Waals surface area contributed by atoms with Crippen LogP contribution in [0.2, 0.25) is 0 Å². The number of aromatic nitrogens is 3. The molecule has 1 aromatic heterocycles. The number of hydrogen-bond acceptors (Lipinski definition) is 5. The summed E-state index contributed by atoms with van der Waals surface area (Å²) >= 11 is 0. The van der Waals surface area contributed by atoms with Gasteiger partial charge in [0.15, 0.2) is 5.69 Å². The first-order chi connectivity index (χ1) is 9.20. The SMILES string of the molecule is COc1cccc2c1CCN2n1cc(C(=O)O)nn1. The van der Waals surface area contributed by atoms with Crippen LogP contribution in [0.4, 0.5) is 5.69 Å². The molecular formula is C12H12N4O3. The largest absolute Gasteiger partial charge is 0.496 e. The number of methoxy groups -OCH3 is 1. The number of carboxylic acid groups (broad SMARTS) is 1. The van der Waals surface area contributed by atoms with E-state index in [1.165, 1.54) is 11.0 Å². The molecule has 0 unspecified atom stereocenters. The van der Waals surface area contributed by atoms with Gasteiger partial charge in [0.25, 0.3) is 0 Å². The van der Waals surface area contributed by atoms with Crippen molar-refractivity contribution in [3.63, 3.8) is 0 Å². The quantitative estimate of drug-likeness (QED) is 0.879. The average Bonchev–Trinajstić information content (AvgIpc) is 3.04. The number of hydrogen-bond donors (Lipinski definition) is 1. The number of benzene rings is 1. The second-order valence-electron chi connectivity index (χ2n) is 4.16. The maximum atomic E-state index is 10.8. The molecule has 3 rings (SSSR count). The standard InChI is InChI=1S/C12H12N4O3/c1-19-11-4-2-3-10-8(11)5-6-15(10)16-7-9(12(17)18)13-14-16/h2-4,7H,5-6H2,1H3,(H,17,18). The van der Waals surface area contributed by atoms with Crippen LogP contribution in [0.5, 0.6) is 5.75 Å². The monoisotopic (exact) mass is 260 g/mol. The van der Waals surface area contributed by atoms with Crippen LogP contribution in [-0.2, 0) is 6.42 Å². The molecule has 0 radical (unpaired) electrons. The summed E-state index contributed by atoms with van der Waals surface area (Å²) in [7, 11) is 1.64. The Balaban J connectivity index is 1.99. The summed E-state index contributed by atoms with van der Waals surface area (Å²) in [6.45, 7) is 0.706. The van der Waals surface area contributed by atoms with Crippen molar-refractivity contribution in [3.8, 4) is 5.75 Å². The Hall–Kier alpha value is -2.57. The average molecular weight is 260 g/mol. The molecule has 98 valence electrons. The minimum atomic E-state index is -1.09. The second-order valence-corrected chi connectivity index (χ2v) is 4.16. The van der Waals surface area contributed by atoms with Crippen molar-refractivity contribution in [2.24, 2.45) is 0 Å². The molecule has 0 bridgehead atoms. The van der Waals surface area contributed by atoms with Crippen molar-refractivity contribution in [1.82, 2.24) is 15.1 Å². The molecule has 1 aliphatic rings. The van der Waals surface area contributed by atoms with E-state index in [0.29, 0.717) is 6.54 Å². The lowest BCUT2D eigenvalue weighted by atomic mass is 10.1. The maximum absolute atomic E-state index is 10.8. The van der Waals surface area contributed by atoms with Crippen molar-refractivity contribution in [2.75, 3.05) is 18.7 Å². The normalized spacial score (nSPS) is 13.4. The molecule has 0 aliphatic carbocycles. The van der Waals surface area contributed by atoms with Crippen LogP contribution in [-0.4, -0.2) is 39.8 Å². The molecule has 0 saturated carbocycles. The molecule has 1 aliphatic heterocycles. The number of rotatable bonds is 3. The summed E-state index contributed by atoms with van der Waals surface area (Å²) in [6.07, 6.45) is 2.22.